The number of hydrogen-bond donors (Lipinski definition) is 0. The molecule has 96 valence electrons. The average Bonchev–Trinajstić information content (AvgIpc) is 2.87. The Balaban J connectivity index is 2.35. The van der Waals surface area contributed by atoms with Crippen LogP contribution in [0.4, 0.5) is 0 Å². The number of hydrogen-bond acceptors (Lipinski definition) is 5. The Morgan fingerprint density at radius 1 is 1.11 bits per heavy atom. The Morgan fingerprint density at radius 3 is 2.33 bits per heavy atom. The van der Waals surface area contributed by atoms with Gasteiger partial charge in [0, 0.05) is 23.9 Å². The van der Waals surface area contributed by atoms with Gasteiger partial charge in [0.05, 0.1) is 14.2 Å². The molecular weight excluding hydrogens is 272 g/mol. The summed E-state index contributed by atoms with van der Waals surface area (Å²) < 4.78 is 10.5. The van der Waals surface area contributed by atoms with E-state index in [0.29, 0.717) is 5.88 Å². The fourth-order valence-corrected chi connectivity index (χ4v) is 2.60. The van der Waals surface area contributed by atoms with Crippen LogP contribution < -0.4 is 9.47 Å². The monoisotopic (exact) mass is 284 g/mol. The summed E-state index contributed by atoms with van der Waals surface area (Å²) in [6.07, 6.45) is 0.736. The lowest BCUT2D eigenvalue weighted by molar-refractivity contribution is 0.394. The average molecular weight is 285 g/mol. The van der Waals surface area contributed by atoms with Gasteiger partial charge in [0.2, 0.25) is 0 Å². The smallest absolute Gasteiger partial charge is 0.148 e. The minimum absolute atomic E-state index is 0.552. The Labute approximate surface area is 115 Å². The molecule has 18 heavy (non-hydrogen) atoms. The Hall–Kier alpha value is -1.33. The summed E-state index contributed by atoms with van der Waals surface area (Å²) in [7, 11) is 3.25. The minimum Gasteiger partial charge on any atom is -0.497 e. The van der Waals surface area contributed by atoms with E-state index in [4.69, 9.17) is 21.1 Å². The molecule has 0 saturated heterocycles. The van der Waals surface area contributed by atoms with Gasteiger partial charge in [0.1, 0.15) is 21.5 Å². The number of halogens is 1. The molecule has 1 heterocycles. The van der Waals surface area contributed by atoms with Crippen molar-refractivity contribution in [3.8, 4) is 22.1 Å². The van der Waals surface area contributed by atoms with Crippen molar-refractivity contribution in [1.82, 2.24) is 10.2 Å². The Morgan fingerprint density at radius 2 is 1.78 bits per heavy atom. The highest BCUT2D eigenvalue weighted by Crippen LogP contribution is 2.31. The fraction of sp³-hybridized carbons (Fsp3) is 0.333. The molecule has 2 aromatic rings. The van der Waals surface area contributed by atoms with Gasteiger partial charge in [-0.25, -0.2) is 0 Å². The standard InChI is InChI=1S/C12H13ClN2O2S/c1-16-9-5-8(6-10(7-9)17-2)12-15-14-11(18-12)3-4-13/h5-7H,3-4H2,1-2H3. The molecule has 0 fully saturated rings. The van der Waals surface area contributed by atoms with Crippen molar-refractivity contribution in [2.45, 2.75) is 6.42 Å². The van der Waals surface area contributed by atoms with Crippen LogP contribution in [-0.4, -0.2) is 30.3 Å². The normalized spacial score (nSPS) is 10.4. The second-order valence-electron chi connectivity index (χ2n) is 3.54. The van der Waals surface area contributed by atoms with Crippen LogP contribution in [0.15, 0.2) is 18.2 Å². The third-order valence-corrected chi connectivity index (χ3v) is 3.59. The highest BCUT2D eigenvalue weighted by atomic mass is 35.5. The predicted octanol–water partition coefficient (Wildman–Crippen LogP) is 3.00. The fourth-order valence-electron chi connectivity index (χ4n) is 1.48. The van der Waals surface area contributed by atoms with Crippen molar-refractivity contribution >= 4 is 22.9 Å². The van der Waals surface area contributed by atoms with Gasteiger partial charge in [0.15, 0.2) is 0 Å². The van der Waals surface area contributed by atoms with Gasteiger partial charge < -0.3 is 9.47 Å². The lowest BCUT2D eigenvalue weighted by Crippen LogP contribution is -1.88. The molecule has 6 heteroatoms. The van der Waals surface area contributed by atoms with Gasteiger partial charge in [-0.1, -0.05) is 11.3 Å². The Bertz CT molecular complexity index is 508. The molecule has 0 bridgehead atoms. The number of aryl methyl sites for hydroxylation is 1. The number of nitrogens with zero attached hydrogens (tertiary/aromatic N) is 2. The van der Waals surface area contributed by atoms with E-state index in [0.717, 1.165) is 33.5 Å². The third-order valence-electron chi connectivity index (χ3n) is 2.37. The first-order chi connectivity index (χ1) is 8.76. The molecule has 0 atom stereocenters. The molecule has 1 aromatic carbocycles. The first-order valence-corrected chi connectivity index (χ1v) is 6.73. The maximum Gasteiger partial charge on any atom is 0.148 e. The van der Waals surface area contributed by atoms with E-state index in [1.165, 1.54) is 11.3 Å². The van der Waals surface area contributed by atoms with Gasteiger partial charge in [-0.2, -0.15) is 0 Å². The molecule has 0 saturated carbocycles. The van der Waals surface area contributed by atoms with E-state index in [9.17, 15) is 0 Å². The second kappa shape index (κ2) is 6.02. The summed E-state index contributed by atoms with van der Waals surface area (Å²) in [5, 5.41) is 10.0. The quantitative estimate of drug-likeness (QED) is 0.792. The van der Waals surface area contributed by atoms with Gasteiger partial charge >= 0.3 is 0 Å². The highest BCUT2D eigenvalue weighted by Gasteiger charge is 2.09. The van der Waals surface area contributed by atoms with E-state index in [-0.39, 0.29) is 0 Å². The van der Waals surface area contributed by atoms with E-state index < -0.39 is 0 Å². The topological polar surface area (TPSA) is 44.2 Å². The lowest BCUT2D eigenvalue weighted by atomic mass is 10.2. The lowest BCUT2D eigenvalue weighted by Gasteiger charge is -2.06. The summed E-state index contributed by atoms with van der Waals surface area (Å²) in [4.78, 5) is 0. The number of alkyl halides is 1. The van der Waals surface area contributed by atoms with Gasteiger partial charge in [0.25, 0.3) is 0 Å². The van der Waals surface area contributed by atoms with Gasteiger partial charge in [-0.3, -0.25) is 0 Å². The van der Waals surface area contributed by atoms with Gasteiger partial charge in [-0.15, -0.1) is 21.8 Å². The summed E-state index contributed by atoms with van der Waals surface area (Å²) in [5.41, 5.74) is 0.935. The maximum absolute atomic E-state index is 5.69. The number of methoxy groups -OCH3 is 2. The van der Waals surface area contributed by atoms with Crippen molar-refractivity contribution in [2.24, 2.45) is 0 Å². The molecule has 0 aliphatic carbocycles. The molecule has 0 N–H and O–H groups in total. The number of benzene rings is 1. The molecule has 4 nitrogen and oxygen atoms in total. The molecule has 0 aliphatic heterocycles. The van der Waals surface area contributed by atoms with E-state index in [2.05, 4.69) is 10.2 Å². The SMILES string of the molecule is COc1cc(OC)cc(-c2nnc(CCCl)s2)c1. The highest BCUT2D eigenvalue weighted by molar-refractivity contribution is 7.14. The zero-order valence-corrected chi connectivity index (χ0v) is 11.7. The molecule has 1 aromatic heterocycles. The first kappa shape index (κ1) is 13.1. The molecule has 2 rings (SSSR count). The summed E-state index contributed by atoms with van der Waals surface area (Å²) in [6, 6.07) is 5.64. The second-order valence-corrected chi connectivity index (χ2v) is 4.98. The zero-order chi connectivity index (χ0) is 13.0. The van der Waals surface area contributed by atoms with Crippen molar-refractivity contribution in [2.75, 3.05) is 20.1 Å². The van der Waals surface area contributed by atoms with Crippen LogP contribution in [0.3, 0.4) is 0 Å². The van der Waals surface area contributed by atoms with Crippen LogP contribution in [-0.2, 0) is 6.42 Å². The first-order valence-electron chi connectivity index (χ1n) is 5.38. The van der Waals surface area contributed by atoms with Crippen LogP contribution in [0.2, 0.25) is 0 Å². The number of ether oxygens (including phenoxy) is 2. The number of aromatic nitrogens is 2. The largest absolute Gasteiger partial charge is 0.497 e. The van der Waals surface area contributed by atoms with Gasteiger partial charge in [-0.05, 0) is 12.1 Å². The van der Waals surface area contributed by atoms with Crippen molar-refractivity contribution < 1.29 is 9.47 Å². The predicted molar refractivity (Wildman–Crippen MR) is 72.9 cm³/mol. The molecule has 0 spiro atoms. The third kappa shape index (κ3) is 2.91. The molecule has 0 amide bonds. The van der Waals surface area contributed by atoms with Crippen LogP contribution >= 0.6 is 22.9 Å². The van der Waals surface area contributed by atoms with Crippen LogP contribution in [0.1, 0.15) is 5.01 Å². The van der Waals surface area contributed by atoms with E-state index in [1.54, 1.807) is 14.2 Å². The molecular formula is C12H13ClN2O2S. The Kier molecular flexibility index (Phi) is 4.38. The maximum atomic E-state index is 5.69. The molecule has 0 radical (unpaired) electrons. The number of rotatable bonds is 5. The van der Waals surface area contributed by atoms with E-state index >= 15 is 0 Å². The van der Waals surface area contributed by atoms with Crippen molar-refractivity contribution in [1.29, 1.82) is 0 Å². The summed E-state index contributed by atoms with van der Waals surface area (Å²) in [6.45, 7) is 0. The summed E-state index contributed by atoms with van der Waals surface area (Å²) in [5.74, 6) is 2.02. The van der Waals surface area contributed by atoms with Crippen LogP contribution in [0.5, 0.6) is 11.5 Å². The summed E-state index contributed by atoms with van der Waals surface area (Å²) >= 11 is 7.22. The van der Waals surface area contributed by atoms with Crippen molar-refractivity contribution in [3.63, 3.8) is 0 Å². The molecule has 0 aliphatic rings. The van der Waals surface area contributed by atoms with Crippen molar-refractivity contribution in [3.05, 3.63) is 23.2 Å². The zero-order valence-electron chi connectivity index (χ0n) is 10.1. The van der Waals surface area contributed by atoms with E-state index in [1.807, 2.05) is 18.2 Å². The minimum atomic E-state index is 0.552. The van der Waals surface area contributed by atoms with Crippen LogP contribution in [0.25, 0.3) is 10.6 Å². The molecule has 0 unspecified atom stereocenters. The van der Waals surface area contributed by atoms with Crippen LogP contribution in [0, 0.1) is 0 Å².